The first kappa shape index (κ1) is 24.2. The monoisotopic (exact) mass is 485 g/mol. The molecule has 1 saturated heterocycles. The van der Waals surface area contributed by atoms with Crippen LogP contribution in [0.5, 0.6) is 5.75 Å². The van der Waals surface area contributed by atoms with Gasteiger partial charge in [0.05, 0.1) is 6.04 Å². The van der Waals surface area contributed by atoms with E-state index in [1.54, 1.807) is 0 Å². The molecule has 1 aromatic heterocycles. The standard InChI is InChI=1S/C28H34F3N3O/c1-5-10-33-14-19(15-33)35-18-12-22(29)25(23(30)13-18)27-26-21(20-8-6-7-9-24(20)32-26)11-17(2)34(27)16-28(3,4)31/h6-9,12-13,17,19,27,32H,5,10-11,14-16H2,1-4H3. The maximum absolute atomic E-state index is 15.7. The van der Waals surface area contributed by atoms with Gasteiger partial charge in [0, 0.05) is 60.0 Å². The molecule has 2 atom stereocenters. The smallest absolute Gasteiger partial charge is 0.135 e. The number of hydrogen-bond acceptors (Lipinski definition) is 3. The van der Waals surface area contributed by atoms with Crippen LogP contribution < -0.4 is 4.74 Å². The second-order valence-electron chi connectivity index (χ2n) is 10.7. The first-order chi connectivity index (χ1) is 16.6. The van der Waals surface area contributed by atoms with Crippen molar-refractivity contribution in [2.75, 3.05) is 26.2 Å². The van der Waals surface area contributed by atoms with Crippen LogP contribution in [0.4, 0.5) is 13.2 Å². The van der Waals surface area contributed by atoms with Crippen LogP contribution in [0, 0.1) is 11.6 Å². The number of para-hydroxylation sites is 1. The van der Waals surface area contributed by atoms with Crippen LogP contribution in [0.3, 0.4) is 0 Å². The Kier molecular flexibility index (Phi) is 6.34. The van der Waals surface area contributed by atoms with Crippen molar-refractivity contribution in [2.45, 2.75) is 64.4 Å². The number of hydrogen-bond donors (Lipinski definition) is 1. The van der Waals surface area contributed by atoms with E-state index in [2.05, 4.69) is 16.8 Å². The molecular formula is C28H34F3N3O. The third-order valence-electron chi connectivity index (χ3n) is 7.17. The molecule has 0 amide bonds. The lowest BCUT2D eigenvalue weighted by Crippen LogP contribution is -2.53. The molecule has 1 fully saturated rings. The van der Waals surface area contributed by atoms with Crippen LogP contribution in [-0.4, -0.2) is 58.8 Å². The molecule has 3 heterocycles. The Morgan fingerprint density at radius 1 is 1.11 bits per heavy atom. The van der Waals surface area contributed by atoms with Gasteiger partial charge in [0.1, 0.15) is 29.2 Å². The highest BCUT2D eigenvalue weighted by atomic mass is 19.1. The number of fused-ring (bicyclic) bond motifs is 3. The minimum atomic E-state index is -1.53. The summed E-state index contributed by atoms with van der Waals surface area (Å²) in [5.74, 6) is -1.15. The van der Waals surface area contributed by atoms with E-state index in [0.717, 1.165) is 48.2 Å². The zero-order chi connectivity index (χ0) is 24.9. The van der Waals surface area contributed by atoms with E-state index in [1.165, 1.54) is 26.0 Å². The third kappa shape index (κ3) is 4.68. The number of halogens is 3. The van der Waals surface area contributed by atoms with Gasteiger partial charge in [0.2, 0.25) is 0 Å². The van der Waals surface area contributed by atoms with Gasteiger partial charge in [-0.2, -0.15) is 0 Å². The van der Waals surface area contributed by atoms with Crippen molar-refractivity contribution in [3.05, 3.63) is 64.9 Å². The zero-order valence-corrected chi connectivity index (χ0v) is 20.9. The number of alkyl halides is 1. The van der Waals surface area contributed by atoms with Gasteiger partial charge in [-0.15, -0.1) is 0 Å². The van der Waals surface area contributed by atoms with Gasteiger partial charge in [0.25, 0.3) is 0 Å². The summed E-state index contributed by atoms with van der Waals surface area (Å²) in [6.07, 6.45) is 1.67. The molecule has 2 unspecified atom stereocenters. The Labute approximate surface area is 205 Å². The van der Waals surface area contributed by atoms with Crippen LogP contribution >= 0.6 is 0 Å². The van der Waals surface area contributed by atoms with Crippen LogP contribution in [0.25, 0.3) is 10.9 Å². The molecule has 2 aliphatic rings. The molecular weight excluding hydrogens is 451 g/mol. The molecule has 7 heteroatoms. The summed E-state index contributed by atoms with van der Waals surface area (Å²) < 4.78 is 52.1. The first-order valence-electron chi connectivity index (χ1n) is 12.6. The largest absolute Gasteiger partial charge is 0.488 e. The Hall–Kier alpha value is -2.51. The average Bonchev–Trinajstić information content (AvgIpc) is 3.11. The fourth-order valence-corrected chi connectivity index (χ4v) is 5.68. The fourth-order valence-electron chi connectivity index (χ4n) is 5.68. The zero-order valence-electron chi connectivity index (χ0n) is 20.9. The molecule has 2 aromatic carbocycles. The van der Waals surface area contributed by atoms with Gasteiger partial charge in [-0.3, -0.25) is 9.80 Å². The topological polar surface area (TPSA) is 31.5 Å². The quantitative estimate of drug-likeness (QED) is 0.445. The third-order valence-corrected chi connectivity index (χ3v) is 7.17. The van der Waals surface area contributed by atoms with E-state index in [0.29, 0.717) is 6.42 Å². The van der Waals surface area contributed by atoms with Crippen molar-refractivity contribution in [3.63, 3.8) is 0 Å². The Morgan fingerprint density at radius 2 is 1.80 bits per heavy atom. The molecule has 2 aliphatic heterocycles. The highest BCUT2D eigenvalue weighted by Crippen LogP contribution is 2.43. The molecule has 0 spiro atoms. The van der Waals surface area contributed by atoms with Crippen molar-refractivity contribution in [1.82, 2.24) is 14.8 Å². The Balaban J connectivity index is 1.54. The second kappa shape index (κ2) is 9.17. The number of nitrogens with one attached hydrogen (secondary N) is 1. The van der Waals surface area contributed by atoms with Crippen LogP contribution in [0.15, 0.2) is 36.4 Å². The normalized spacial score (nSPS) is 21.8. The number of likely N-dealkylation sites (tertiary alicyclic amines) is 1. The summed E-state index contributed by atoms with van der Waals surface area (Å²) in [4.78, 5) is 7.54. The maximum Gasteiger partial charge on any atom is 0.135 e. The van der Waals surface area contributed by atoms with Gasteiger partial charge < -0.3 is 9.72 Å². The molecule has 3 aromatic rings. The van der Waals surface area contributed by atoms with Crippen LogP contribution in [-0.2, 0) is 6.42 Å². The van der Waals surface area contributed by atoms with Crippen molar-refractivity contribution in [1.29, 1.82) is 0 Å². The molecule has 1 N–H and O–H groups in total. The van der Waals surface area contributed by atoms with E-state index in [4.69, 9.17) is 4.74 Å². The lowest BCUT2D eigenvalue weighted by atomic mass is 9.87. The summed E-state index contributed by atoms with van der Waals surface area (Å²) in [6.45, 7) is 9.69. The minimum absolute atomic E-state index is 0.0557. The number of rotatable bonds is 7. The molecule has 0 radical (unpaired) electrons. The fraction of sp³-hybridized carbons (Fsp3) is 0.500. The molecule has 5 rings (SSSR count). The Bertz CT molecular complexity index is 1190. The summed E-state index contributed by atoms with van der Waals surface area (Å²) in [7, 11) is 0. The van der Waals surface area contributed by atoms with E-state index in [1.807, 2.05) is 36.1 Å². The van der Waals surface area contributed by atoms with Crippen molar-refractivity contribution >= 4 is 10.9 Å². The van der Waals surface area contributed by atoms with Crippen molar-refractivity contribution in [2.24, 2.45) is 0 Å². The van der Waals surface area contributed by atoms with E-state index in [9.17, 15) is 4.39 Å². The van der Waals surface area contributed by atoms with Crippen molar-refractivity contribution in [3.8, 4) is 5.75 Å². The highest BCUT2D eigenvalue weighted by molar-refractivity contribution is 5.85. The molecule has 188 valence electrons. The van der Waals surface area contributed by atoms with Crippen LogP contribution in [0.2, 0.25) is 0 Å². The number of nitrogens with zero attached hydrogens (tertiary/aromatic N) is 2. The predicted octanol–water partition coefficient (Wildman–Crippen LogP) is 6.00. The molecule has 35 heavy (non-hydrogen) atoms. The minimum Gasteiger partial charge on any atom is -0.488 e. The summed E-state index contributed by atoms with van der Waals surface area (Å²) in [5.41, 5.74) is 1.09. The molecule has 0 bridgehead atoms. The first-order valence-corrected chi connectivity index (χ1v) is 12.6. The number of aromatic nitrogens is 1. The van der Waals surface area contributed by atoms with Gasteiger partial charge in [0.15, 0.2) is 0 Å². The summed E-state index contributed by atoms with van der Waals surface area (Å²) in [5, 5.41) is 1.04. The number of aromatic amines is 1. The maximum atomic E-state index is 15.7. The summed E-state index contributed by atoms with van der Waals surface area (Å²) >= 11 is 0. The molecule has 4 nitrogen and oxygen atoms in total. The van der Waals surface area contributed by atoms with Gasteiger partial charge in [-0.25, -0.2) is 13.2 Å². The van der Waals surface area contributed by atoms with Crippen LogP contribution in [0.1, 0.15) is 57.0 Å². The van der Waals surface area contributed by atoms with Gasteiger partial charge in [-0.1, -0.05) is 25.1 Å². The number of ether oxygens (including phenoxy) is 1. The van der Waals surface area contributed by atoms with E-state index < -0.39 is 23.3 Å². The van der Waals surface area contributed by atoms with E-state index in [-0.39, 0.29) is 30.0 Å². The highest BCUT2D eigenvalue weighted by Gasteiger charge is 2.41. The molecule has 0 saturated carbocycles. The lowest BCUT2D eigenvalue weighted by Gasteiger charge is -2.43. The number of benzene rings is 2. The lowest BCUT2D eigenvalue weighted by molar-refractivity contribution is 0.0197. The predicted molar refractivity (Wildman–Crippen MR) is 133 cm³/mol. The van der Waals surface area contributed by atoms with Gasteiger partial charge in [-0.05, 0) is 51.8 Å². The summed E-state index contributed by atoms with van der Waals surface area (Å²) in [6, 6.07) is 9.56. The Morgan fingerprint density at radius 3 is 2.46 bits per heavy atom. The SMILES string of the molecule is CCCN1CC(Oc2cc(F)c(C3c4[nH]c5ccccc5c4CC(C)N3CC(C)(C)F)c(F)c2)C1. The number of H-pyrrole nitrogens is 1. The van der Waals surface area contributed by atoms with E-state index >= 15 is 8.78 Å². The van der Waals surface area contributed by atoms with Crippen molar-refractivity contribution < 1.29 is 17.9 Å². The van der Waals surface area contributed by atoms with Gasteiger partial charge >= 0.3 is 0 Å². The molecule has 0 aliphatic carbocycles. The average molecular weight is 486 g/mol. The second-order valence-corrected chi connectivity index (χ2v) is 10.7.